The first-order valence-electron chi connectivity index (χ1n) is 11.4. The number of fused-ring (bicyclic) bond motifs is 1. The number of alkyl halides is 1. The van der Waals surface area contributed by atoms with E-state index in [1.54, 1.807) is 12.2 Å². The molecule has 0 aromatic carbocycles. The molecule has 1 unspecified atom stereocenters. The van der Waals surface area contributed by atoms with E-state index in [4.69, 9.17) is 5.73 Å². The Hall–Kier alpha value is -3.12. The molecule has 17 heteroatoms. The third-order valence-corrected chi connectivity index (χ3v) is 8.50. The van der Waals surface area contributed by atoms with Gasteiger partial charge in [-0.1, -0.05) is 11.2 Å². The number of aliphatic hydroxyl groups excluding tert-OH is 2. The van der Waals surface area contributed by atoms with Crippen LogP contribution in [0.3, 0.4) is 0 Å². The Kier molecular flexibility index (Phi) is 8.31. The van der Waals surface area contributed by atoms with Crippen LogP contribution >= 0.6 is 23.3 Å². The molecule has 0 saturated carbocycles. The van der Waals surface area contributed by atoms with Gasteiger partial charge in [0, 0.05) is 23.7 Å². The average molecular weight is 572 g/mol. The zero-order chi connectivity index (χ0) is 27.6. The lowest BCUT2D eigenvalue weighted by molar-refractivity contribution is -0.917. The number of carbonyl (C=O) groups is 3. The van der Waals surface area contributed by atoms with Crippen LogP contribution in [-0.4, -0.2) is 115 Å². The van der Waals surface area contributed by atoms with Crippen molar-refractivity contribution in [2.75, 3.05) is 45.1 Å². The van der Waals surface area contributed by atoms with Crippen molar-refractivity contribution >= 4 is 51.9 Å². The lowest BCUT2D eigenvalue weighted by Gasteiger charge is -2.50. The minimum absolute atomic E-state index is 0.0302. The second kappa shape index (κ2) is 11.3. The molecule has 4 rings (SSSR count). The van der Waals surface area contributed by atoms with E-state index in [2.05, 4.69) is 24.7 Å². The van der Waals surface area contributed by atoms with Crippen molar-refractivity contribution in [3.63, 3.8) is 0 Å². The molecule has 3 aliphatic rings. The number of likely N-dealkylation sites (N-methyl/N-ethyl adjacent to an activating group) is 1. The highest BCUT2D eigenvalue weighted by atomic mass is 32.2. The van der Waals surface area contributed by atoms with Crippen LogP contribution in [0.25, 0.3) is 0 Å². The number of hydrogen-bond acceptors (Lipinski definition) is 13. The van der Waals surface area contributed by atoms with Crippen LogP contribution in [-0.2, 0) is 19.2 Å². The number of carbonyl (C=O) groups excluding carboxylic acids is 3. The smallest absolute Gasteiger partial charge is 0.278 e. The molecule has 38 heavy (non-hydrogen) atoms. The molecule has 0 spiro atoms. The lowest BCUT2D eigenvalue weighted by atomic mass is 10.0. The summed E-state index contributed by atoms with van der Waals surface area (Å²) >= 11 is 2.01. The first-order valence-corrected chi connectivity index (χ1v) is 13.3. The van der Waals surface area contributed by atoms with Crippen molar-refractivity contribution in [2.45, 2.75) is 30.0 Å². The molecule has 14 nitrogen and oxygen atoms in total. The molecule has 3 aliphatic heterocycles. The number of nitrogens with zero attached hydrogens (tertiary/aromatic N) is 5. The molecule has 4 heterocycles. The van der Waals surface area contributed by atoms with Crippen LogP contribution in [0.5, 0.6) is 0 Å². The van der Waals surface area contributed by atoms with Crippen molar-refractivity contribution in [2.24, 2.45) is 5.16 Å². The highest BCUT2D eigenvalue weighted by molar-refractivity contribution is 8.00. The van der Waals surface area contributed by atoms with Crippen LogP contribution in [0.1, 0.15) is 12.2 Å². The number of rotatable bonds is 10. The van der Waals surface area contributed by atoms with E-state index in [0.29, 0.717) is 29.6 Å². The number of allylic oxidation sites excluding steroid dienone is 1. The van der Waals surface area contributed by atoms with E-state index in [1.165, 1.54) is 11.8 Å². The van der Waals surface area contributed by atoms with Gasteiger partial charge in [-0.25, -0.2) is 4.39 Å². The molecule has 1 aromatic heterocycles. The molecule has 5 N–H and O–H groups in total. The Morgan fingerprint density at radius 3 is 2.87 bits per heavy atom. The number of aromatic nitrogens is 2. The van der Waals surface area contributed by atoms with Gasteiger partial charge in [-0.3, -0.25) is 14.5 Å². The quantitative estimate of drug-likeness (QED) is 0.0984. The van der Waals surface area contributed by atoms with E-state index in [1.807, 2.05) is 7.05 Å². The fraction of sp³-hybridized carbons (Fsp3) is 0.524. The predicted molar refractivity (Wildman–Crippen MR) is 132 cm³/mol. The molecular formula is C21H26FN7O7S2. The average Bonchev–Trinajstić information content (AvgIpc) is 3.43. The van der Waals surface area contributed by atoms with E-state index >= 15 is 0 Å². The number of oxime groups is 1. The second-order valence-electron chi connectivity index (χ2n) is 9.13. The van der Waals surface area contributed by atoms with Crippen LogP contribution in [0.15, 0.2) is 28.6 Å². The van der Waals surface area contributed by atoms with Gasteiger partial charge in [0.25, 0.3) is 18.7 Å². The number of nitrogens with one attached hydrogen (secondary N) is 1. The molecule has 2 saturated heterocycles. The Morgan fingerprint density at radius 2 is 2.24 bits per heavy atom. The van der Waals surface area contributed by atoms with Gasteiger partial charge >= 0.3 is 0 Å². The van der Waals surface area contributed by atoms with Crippen LogP contribution in [0.4, 0.5) is 9.52 Å². The second-order valence-corrected chi connectivity index (χ2v) is 11.0. The summed E-state index contributed by atoms with van der Waals surface area (Å²) in [6.45, 7) is -0.513. The number of carboxylic acids is 1. The fourth-order valence-electron chi connectivity index (χ4n) is 4.78. The normalized spacial score (nSPS) is 29.4. The summed E-state index contributed by atoms with van der Waals surface area (Å²) in [4.78, 5) is 46.9. The van der Waals surface area contributed by atoms with E-state index in [9.17, 15) is 34.1 Å². The van der Waals surface area contributed by atoms with Crippen molar-refractivity contribution in [3.05, 3.63) is 29.2 Å². The Labute approximate surface area is 224 Å². The fourth-order valence-corrected chi connectivity index (χ4v) is 6.53. The van der Waals surface area contributed by atoms with Crippen LogP contribution < -0.4 is 16.2 Å². The lowest BCUT2D eigenvalue weighted by Crippen LogP contribution is -2.71. The molecule has 0 aliphatic carbocycles. The summed E-state index contributed by atoms with van der Waals surface area (Å²) in [6.07, 6.45) is 3.30. The van der Waals surface area contributed by atoms with Gasteiger partial charge in [-0.05, 0) is 11.6 Å². The predicted octanol–water partition coefficient (Wildman–Crippen LogP) is -2.70. The molecule has 2 amide bonds. The van der Waals surface area contributed by atoms with Crippen LogP contribution in [0, 0.1) is 0 Å². The molecule has 1 aromatic rings. The summed E-state index contributed by atoms with van der Waals surface area (Å²) in [5.41, 5.74) is 5.10. The van der Waals surface area contributed by atoms with Crippen molar-refractivity contribution < 1.29 is 43.4 Å². The number of nitrogen functional groups attached to an aromatic ring is 1. The van der Waals surface area contributed by atoms with Gasteiger partial charge in [-0.2, -0.15) is 9.36 Å². The summed E-state index contributed by atoms with van der Waals surface area (Å²) in [7, 11) is 1.90. The molecule has 5 atom stereocenters. The van der Waals surface area contributed by atoms with Gasteiger partial charge < -0.3 is 40.5 Å². The number of anilines is 1. The van der Waals surface area contributed by atoms with E-state index in [-0.39, 0.29) is 35.1 Å². The molecule has 0 bridgehead atoms. The number of hydrogen-bond donors (Lipinski definition) is 4. The highest BCUT2D eigenvalue weighted by Crippen LogP contribution is 2.40. The van der Waals surface area contributed by atoms with Crippen molar-refractivity contribution in [1.29, 1.82) is 0 Å². The molecular weight excluding hydrogens is 545 g/mol. The summed E-state index contributed by atoms with van der Waals surface area (Å²) in [6, 6.07) is -1.24. The number of β-lactam (4-membered cyclic amide) rings is 1. The topological polar surface area (TPSA) is 203 Å². The zero-order valence-corrected chi connectivity index (χ0v) is 21.8. The maximum atomic E-state index is 12.9. The number of quaternary nitrogens is 1. The van der Waals surface area contributed by atoms with Gasteiger partial charge in [0.1, 0.15) is 30.1 Å². The monoisotopic (exact) mass is 571 g/mol. The van der Waals surface area contributed by atoms with Crippen molar-refractivity contribution in [1.82, 2.24) is 19.6 Å². The Balaban J connectivity index is 1.48. The number of halogens is 1. The first-order chi connectivity index (χ1) is 18.1. The maximum absolute atomic E-state index is 12.9. The SMILES string of the molecule is C[N+]1(C/C=C/C2=C(C(=O)[O-])N3C(=O)[C@@H](NC(=O)/C(=N\OCF)c4nsc(N)n4)[C@@H]3SC2)C[C@H](O)C[C@H]1CO. The first kappa shape index (κ1) is 27.9. The number of aliphatic carboxylic acids is 1. The van der Waals surface area contributed by atoms with Gasteiger partial charge in [0.15, 0.2) is 5.13 Å². The Morgan fingerprint density at radius 1 is 1.47 bits per heavy atom. The van der Waals surface area contributed by atoms with Gasteiger partial charge in [0.2, 0.25) is 11.5 Å². The zero-order valence-electron chi connectivity index (χ0n) is 20.2. The van der Waals surface area contributed by atoms with Crippen LogP contribution in [0.2, 0.25) is 0 Å². The number of amides is 2. The number of nitrogens with two attached hydrogens (primary N) is 1. The Bertz CT molecular complexity index is 1210. The number of aliphatic hydroxyl groups is 2. The molecule has 2 fully saturated rings. The third kappa shape index (κ3) is 5.37. The van der Waals surface area contributed by atoms with Crippen molar-refractivity contribution in [3.8, 4) is 0 Å². The largest absolute Gasteiger partial charge is 0.543 e. The molecule has 0 radical (unpaired) electrons. The summed E-state index contributed by atoms with van der Waals surface area (Å²) in [5, 5.41) is 36.8. The third-order valence-electron chi connectivity index (χ3n) is 6.66. The maximum Gasteiger partial charge on any atom is 0.278 e. The number of carboxylic acid groups (broad SMARTS) is 1. The van der Waals surface area contributed by atoms with E-state index < -0.39 is 47.9 Å². The standard InChI is InChI=1S/C21H26FN7O7S2/c1-29(6-12(31)5-11(29)7-30)4-2-3-10-8-37-19-14(18(33)28(19)15(10)20(34)35)24-17(32)13(26-36-9-22)16-25-21(23)38-27-16/h2-3,11-12,14,19,30-31H,4-9H2,1H3,(H3-,23,24,25,27,32,34,35)/b3-2+,26-13-/t11-,12+,14+,19-,29?/m0/s1. The van der Waals surface area contributed by atoms with Gasteiger partial charge in [-0.15, -0.1) is 11.8 Å². The number of likely N-dealkylation sites (tertiary alicyclic amines) is 1. The number of thioether (sulfide) groups is 1. The highest BCUT2D eigenvalue weighted by Gasteiger charge is 2.53. The summed E-state index contributed by atoms with van der Waals surface area (Å²) in [5.74, 6) is -3.15. The molecule has 206 valence electrons. The van der Waals surface area contributed by atoms with E-state index in [0.717, 1.165) is 16.4 Å². The van der Waals surface area contributed by atoms with Gasteiger partial charge in [0.05, 0.1) is 31.9 Å². The minimum Gasteiger partial charge on any atom is -0.543 e. The minimum atomic E-state index is -1.54. The summed E-state index contributed by atoms with van der Waals surface area (Å²) < 4.78 is 16.7.